The number of hydrogen-bond acceptors (Lipinski definition) is 2. The number of rotatable bonds is 10. The molecule has 0 radical (unpaired) electrons. The molecule has 5 heteroatoms. The minimum absolute atomic E-state index is 0.776. The zero-order valence-corrected chi connectivity index (χ0v) is 13.5. The molecule has 110 valence electrons. The van der Waals surface area contributed by atoms with Crippen molar-refractivity contribution in [2.45, 2.75) is 59.0 Å². The quantitative estimate of drug-likeness (QED) is 0.523. The van der Waals surface area contributed by atoms with Gasteiger partial charge in [-0.15, -0.1) is 11.6 Å². The Bertz CT molecular complexity index is 364. The molecule has 0 aromatic carbocycles. The van der Waals surface area contributed by atoms with Gasteiger partial charge in [0.15, 0.2) is 0 Å². The van der Waals surface area contributed by atoms with E-state index >= 15 is 0 Å². The maximum Gasteiger partial charge on any atom is 0.0863 e. The zero-order valence-electron chi connectivity index (χ0n) is 12.0. The molecule has 0 spiro atoms. The highest BCUT2D eigenvalue weighted by molar-refractivity contribution is 6.31. The van der Waals surface area contributed by atoms with Crippen LogP contribution in [0.5, 0.6) is 0 Å². The van der Waals surface area contributed by atoms with E-state index in [1.165, 1.54) is 19.3 Å². The minimum atomic E-state index is 0.776. The fourth-order valence-corrected chi connectivity index (χ4v) is 2.62. The Hall–Kier alpha value is -0.250. The number of hydrogen-bond donors (Lipinski definition) is 1. The first-order chi connectivity index (χ1) is 9.24. The highest BCUT2D eigenvalue weighted by Gasteiger charge is 2.13. The topological polar surface area (TPSA) is 29.9 Å². The fraction of sp³-hybridized carbons (Fsp3) is 0.786. The van der Waals surface area contributed by atoms with Crippen molar-refractivity contribution in [3.05, 3.63) is 16.4 Å². The first-order valence-corrected chi connectivity index (χ1v) is 8.16. The van der Waals surface area contributed by atoms with Gasteiger partial charge in [-0.1, -0.05) is 31.4 Å². The zero-order chi connectivity index (χ0) is 14.1. The lowest BCUT2D eigenvalue weighted by Crippen LogP contribution is -2.18. The molecule has 1 aromatic heterocycles. The third-order valence-corrected chi connectivity index (χ3v) is 3.93. The number of unbranched alkanes of at least 4 members (excludes halogenated alkanes) is 3. The summed E-state index contributed by atoms with van der Waals surface area (Å²) in [4.78, 5) is 0. The number of nitrogens with zero attached hydrogens (tertiary/aromatic N) is 2. The molecule has 0 bridgehead atoms. The van der Waals surface area contributed by atoms with Crippen LogP contribution in [-0.2, 0) is 19.5 Å². The van der Waals surface area contributed by atoms with Gasteiger partial charge < -0.3 is 5.32 Å². The van der Waals surface area contributed by atoms with Gasteiger partial charge in [0, 0.05) is 19.0 Å². The minimum Gasteiger partial charge on any atom is -0.311 e. The average Bonchev–Trinajstić information content (AvgIpc) is 2.74. The van der Waals surface area contributed by atoms with Crippen LogP contribution in [0, 0.1) is 0 Å². The predicted molar refractivity (Wildman–Crippen MR) is 83.2 cm³/mol. The second kappa shape index (κ2) is 9.62. The SMILES string of the molecule is CCc1nn(CC)c(CNCCCCCCCl)c1Cl. The molecule has 0 atom stereocenters. The number of aryl methyl sites for hydroxylation is 2. The Morgan fingerprint density at radius 1 is 1.16 bits per heavy atom. The molecule has 1 N–H and O–H groups in total. The Morgan fingerprint density at radius 3 is 2.53 bits per heavy atom. The number of halogens is 2. The Labute approximate surface area is 126 Å². The van der Waals surface area contributed by atoms with Gasteiger partial charge >= 0.3 is 0 Å². The van der Waals surface area contributed by atoms with Gasteiger partial charge in [-0.25, -0.2) is 0 Å². The van der Waals surface area contributed by atoms with Gasteiger partial charge in [0.05, 0.1) is 16.4 Å². The lowest BCUT2D eigenvalue weighted by atomic mass is 10.2. The van der Waals surface area contributed by atoms with Crippen molar-refractivity contribution in [2.24, 2.45) is 0 Å². The summed E-state index contributed by atoms with van der Waals surface area (Å²) >= 11 is 12.0. The number of alkyl halides is 1. The smallest absolute Gasteiger partial charge is 0.0863 e. The van der Waals surface area contributed by atoms with E-state index in [0.717, 1.165) is 54.8 Å². The third-order valence-electron chi connectivity index (χ3n) is 3.22. The lowest BCUT2D eigenvalue weighted by Gasteiger charge is -2.07. The summed E-state index contributed by atoms with van der Waals surface area (Å²) in [5.41, 5.74) is 2.12. The van der Waals surface area contributed by atoms with Crippen LogP contribution in [-0.4, -0.2) is 22.2 Å². The lowest BCUT2D eigenvalue weighted by molar-refractivity contribution is 0.556. The summed E-state index contributed by atoms with van der Waals surface area (Å²) in [6, 6.07) is 0. The van der Waals surface area contributed by atoms with E-state index in [1.54, 1.807) is 0 Å². The molecule has 0 fully saturated rings. The van der Waals surface area contributed by atoms with Crippen molar-refractivity contribution in [3.63, 3.8) is 0 Å². The van der Waals surface area contributed by atoms with Crippen molar-refractivity contribution >= 4 is 23.2 Å². The number of aromatic nitrogens is 2. The average molecular weight is 306 g/mol. The van der Waals surface area contributed by atoms with E-state index in [9.17, 15) is 0 Å². The molecule has 0 amide bonds. The van der Waals surface area contributed by atoms with E-state index in [4.69, 9.17) is 23.2 Å². The van der Waals surface area contributed by atoms with Gasteiger partial charge in [0.25, 0.3) is 0 Å². The summed E-state index contributed by atoms with van der Waals surface area (Å²) < 4.78 is 2.00. The van der Waals surface area contributed by atoms with Crippen molar-refractivity contribution < 1.29 is 0 Å². The second-order valence-electron chi connectivity index (χ2n) is 4.66. The Morgan fingerprint density at radius 2 is 1.89 bits per heavy atom. The molecule has 19 heavy (non-hydrogen) atoms. The van der Waals surface area contributed by atoms with Crippen molar-refractivity contribution in [3.8, 4) is 0 Å². The highest BCUT2D eigenvalue weighted by atomic mass is 35.5. The predicted octanol–water partition coefficient (Wildman–Crippen LogP) is 4.01. The van der Waals surface area contributed by atoms with E-state index in [0.29, 0.717) is 0 Å². The van der Waals surface area contributed by atoms with Crippen LogP contribution < -0.4 is 5.32 Å². The maximum absolute atomic E-state index is 6.35. The van der Waals surface area contributed by atoms with Crippen LogP contribution in [0.15, 0.2) is 0 Å². The first-order valence-electron chi connectivity index (χ1n) is 7.25. The Kier molecular flexibility index (Phi) is 8.51. The van der Waals surface area contributed by atoms with Gasteiger partial charge in [0.2, 0.25) is 0 Å². The van der Waals surface area contributed by atoms with Gasteiger partial charge in [0.1, 0.15) is 0 Å². The van der Waals surface area contributed by atoms with Crippen LogP contribution >= 0.6 is 23.2 Å². The molecule has 0 aliphatic heterocycles. The summed E-state index contributed by atoms with van der Waals surface area (Å²) in [5.74, 6) is 0.776. The Balaban J connectivity index is 2.34. The van der Waals surface area contributed by atoms with Crippen LogP contribution in [0.1, 0.15) is 50.9 Å². The fourth-order valence-electron chi connectivity index (χ4n) is 2.09. The molecule has 0 saturated carbocycles. The van der Waals surface area contributed by atoms with Crippen LogP contribution in [0.2, 0.25) is 5.02 Å². The molecule has 1 heterocycles. The first kappa shape index (κ1) is 16.8. The van der Waals surface area contributed by atoms with Gasteiger partial charge in [-0.3, -0.25) is 4.68 Å². The maximum atomic E-state index is 6.35. The van der Waals surface area contributed by atoms with E-state index in [2.05, 4.69) is 24.3 Å². The second-order valence-corrected chi connectivity index (χ2v) is 5.41. The van der Waals surface area contributed by atoms with E-state index in [-0.39, 0.29) is 0 Å². The van der Waals surface area contributed by atoms with Crippen molar-refractivity contribution in [2.75, 3.05) is 12.4 Å². The van der Waals surface area contributed by atoms with Crippen LogP contribution in [0.3, 0.4) is 0 Å². The number of nitrogens with one attached hydrogen (secondary N) is 1. The molecule has 0 unspecified atom stereocenters. The molecule has 1 aromatic rings. The molecule has 3 nitrogen and oxygen atoms in total. The van der Waals surface area contributed by atoms with Gasteiger partial charge in [-0.05, 0) is 32.7 Å². The molecule has 1 rings (SSSR count). The van der Waals surface area contributed by atoms with Crippen molar-refractivity contribution in [1.29, 1.82) is 0 Å². The monoisotopic (exact) mass is 305 g/mol. The van der Waals surface area contributed by atoms with Crippen LogP contribution in [0.4, 0.5) is 0 Å². The molecule has 0 saturated heterocycles. The molecular weight excluding hydrogens is 281 g/mol. The van der Waals surface area contributed by atoms with E-state index < -0.39 is 0 Å². The summed E-state index contributed by atoms with van der Waals surface area (Å²) in [6.07, 6.45) is 5.65. The summed E-state index contributed by atoms with van der Waals surface area (Å²) in [6.45, 7) is 6.87. The van der Waals surface area contributed by atoms with Crippen LogP contribution in [0.25, 0.3) is 0 Å². The third kappa shape index (κ3) is 5.33. The highest BCUT2D eigenvalue weighted by Crippen LogP contribution is 2.21. The standard InChI is InChI=1S/C14H25Cl2N3/c1-3-12-14(16)13(19(4-2)18-12)11-17-10-8-6-5-7-9-15/h17H,3-11H2,1-2H3. The normalized spacial score (nSPS) is 11.2. The molecule has 0 aliphatic rings. The summed E-state index contributed by atoms with van der Waals surface area (Å²) in [5, 5.41) is 8.80. The van der Waals surface area contributed by atoms with E-state index in [1.807, 2.05) is 4.68 Å². The molecular formula is C14H25Cl2N3. The largest absolute Gasteiger partial charge is 0.311 e. The summed E-state index contributed by atoms with van der Waals surface area (Å²) in [7, 11) is 0. The van der Waals surface area contributed by atoms with Gasteiger partial charge in [-0.2, -0.15) is 5.10 Å². The molecule has 0 aliphatic carbocycles. The van der Waals surface area contributed by atoms with Crippen molar-refractivity contribution in [1.82, 2.24) is 15.1 Å².